The highest BCUT2D eigenvalue weighted by molar-refractivity contribution is 6.65. The number of carboxylic acid groups (broad SMARTS) is 1. The second-order valence-corrected chi connectivity index (χ2v) is 12.6. The number of carbonyl (C=O) groups excluding carboxylic acids is 1. The van der Waals surface area contributed by atoms with Crippen LogP contribution < -0.4 is 0 Å². The summed E-state index contributed by atoms with van der Waals surface area (Å²) in [4.78, 5) is 24.9. The number of nitrogens with zero attached hydrogens (tertiary/aromatic N) is 1. The van der Waals surface area contributed by atoms with Crippen molar-refractivity contribution in [1.82, 2.24) is 4.90 Å². The van der Waals surface area contributed by atoms with Gasteiger partial charge in [-0.05, 0) is 37.0 Å². The van der Waals surface area contributed by atoms with Crippen LogP contribution in [0.1, 0.15) is 52.9 Å². The lowest BCUT2D eigenvalue weighted by Crippen LogP contribution is -2.54. The molecule has 2 saturated carbocycles. The number of carbonyl (C=O) groups is 2. The number of carboxylic acids is 1. The number of amides is 1. The number of alkyl halides is 4. The molecule has 0 radical (unpaired) electrons. The molecule has 182 valence electrons. The smallest absolute Gasteiger partial charge is 0.307 e. The van der Waals surface area contributed by atoms with Crippen molar-refractivity contribution in [2.45, 2.75) is 67.0 Å². The molecule has 0 aromatic heterocycles. The molecule has 2 bridgehead atoms. The third kappa shape index (κ3) is 3.53. The van der Waals surface area contributed by atoms with Gasteiger partial charge in [0.15, 0.2) is 4.33 Å². The first-order chi connectivity index (χ1) is 14.8. The predicted octanol–water partition coefficient (Wildman–Crippen LogP) is 6.85. The van der Waals surface area contributed by atoms with E-state index < -0.39 is 49.6 Å². The maximum absolute atomic E-state index is 13.7. The number of fused-ring (bicyclic) bond motifs is 5. The molecule has 3 aliphatic rings. The van der Waals surface area contributed by atoms with E-state index in [0.717, 1.165) is 25.7 Å². The van der Waals surface area contributed by atoms with Gasteiger partial charge < -0.3 is 10.0 Å². The first kappa shape index (κ1) is 27.0. The summed E-state index contributed by atoms with van der Waals surface area (Å²) in [7, 11) is 0. The fraction of sp³-hybridized carbons (Fsp3) is 0.818. The van der Waals surface area contributed by atoms with Crippen LogP contribution in [0.25, 0.3) is 0 Å². The first-order valence-corrected chi connectivity index (χ1v) is 13.4. The second kappa shape index (κ2) is 9.47. The lowest BCUT2D eigenvalue weighted by Gasteiger charge is -2.49. The maximum atomic E-state index is 13.7. The highest BCUT2D eigenvalue weighted by atomic mass is 35.5. The zero-order valence-electron chi connectivity index (χ0n) is 18.3. The average molecular weight is 568 g/mol. The molecule has 0 saturated heterocycles. The molecular weight excluding hydrogens is 539 g/mol. The number of aliphatic carboxylic acids is 1. The number of unbranched alkanes of at least 4 members (excludes halogenated alkanes) is 2. The fourth-order valence-corrected chi connectivity index (χ4v) is 9.26. The monoisotopic (exact) mass is 565 g/mol. The highest BCUT2D eigenvalue weighted by Crippen LogP contribution is 2.79. The Morgan fingerprint density at radius 2 is 1.50 bits per heavy atom. The molecule has 0 aromatic carbocycles. The van der Waals surface area contributed by atoms with Gasteiger partial charge >= 0.3 is 5.97 Å². The Balaban J connectivity index is 2.05. The van der Waals surface area contributed by atoms with Gasteiger partial charge in [0.25, 0.3) is 0 Å². The van der Waals surface area contributed by atoms with Gasteiger partial charge in [0.1, 0.15) is 9.75 Å². The van der Waals surface area contributed by atoms with E-state index in [1.807, 2.05) is 0 Å². The molecule has 1 N–H and O–H groups in total. The summed E-state index contributed by atoms with van der Waals surface area (Å²) in [6.45, 7) is 7.06. The van der Waals surface area contributed by atoms with E-state index in [1.54, 1.807) is 11.8 Å². The Hall–Kier alpha value is 0.420. The number of rotatable bonds is 8. The minimum absolute atomic E-state index is 0.0652. The number of hydrogen-bond acceptors (Lipinski definition) is 2. The summed E-state index contributed by atoms with van der Waals surface area (Å²) < 4.78 is -1.74. The molecule has 0 aliphatic heterocycles. The van der Waals surface area contributed by atoms with Crippen LogP contribution in [-0.2, 0) is 9.59 Å². The molecule has 3 rings (SSSR count). The van der Waals surface area contributed by atoms with Crippen LogP contribution in [0.5, 0.6) is 0 Å². The van der Waals surface area contributed by atoms with Crippen LogP contribution in [0.2, 0.25) is 0 Å². The van der Waals surface area contributed by atoms with E-state index >= 15 is 0 Å². The molecule has 32 heavy (non-hydrogen) atoms. The molecular formula is C22H29Cl6NO3. The van der Waals surface area contributed by atoms with Crippen molar-refractivity contribution in [3.8, 4) is 0 Å². The van der Waals surface area contributed by atoms with E-state index in [2.05, 4.69) is 13.8 Å². The summed E-state index contributed by atoms with van der Waals surface area (Å²) in [5.41, 5.74) is 0. The number of halogens is 6. The van der Waals surface area contributed by atoms with Gasteiger partial charge in [0.05, 0.1) is 21.9 Å². The molecule has 4 nitrogen and oxygen atoms in total. The van der Waals surface area contributed by atoms with E-state index in [-0.39, 0.29) is 22.4 Å². The van der Waals surface area contributed by atoms with Gasteiger partial charge in [0, 0.05) is 13.1 Å². The summed E-state index contributed by atoms with van der Waals surface area (Å²) in [6, 6.07) is 0. The van der Waals surface area contributed by atoms with E-state index in [0.29, 0.717) is 13.1 Å². The van der Waals surface area contributed by atoms with Crippen molar-refractivity contribution in [2.75, 3.05) is 13.1 Å². The Bertz CT molecular complexity index is 811. The Morgan fingerprint density at radius 1 is 1.00 bits per heavy atom. The molecule has 0 heterocycles. The zero-order chi connectivity index (χ0) is 24.2. The highest BCUT2D eigenvalue weighted by Gasteiger charge is 2.84. The van der Waals surface area contributed by atoms with Gasteiger partial charge in [-0.25, -0.2) is 0 Å². The van der Waals surface area contributed by atoms with Crippen LogP contribution in [0.3, 0.4) is 0 Å². The maximum Gasteiger partial charge on any atom is 0.307 e. The molecule has 0 aromatic rings. The minimum atomic E-state index is -1.74. The SMILES string of the molecule is CCCCN(CCCC)C(=O)[C@@H]1C[C@@H]2[C@H]([C@H](C)[C@H]1C(=O)O)[C@@]1(Cl)C(Cl)=C(Cl)[C@@]2(Cl)C1(Cl)Cl. The molecule has 3 aliphatic carbocycles. The van der Waals surface area contributed by atoms with Crippen molar-refractivity contribution >= 4 is 81.5 Å². The molecule has 7 atom stereocenters. The van der Waals surface area contributed by atoms with Crippen LogP contribution >= 0.6 is 69.6 Å². The topological polar surface area (TPSA) is 57.6 Å². The molecule has 0 unspecified atom stereocenters. The standard InChI is InChI=1S/C22H29Cl6NO3/c1-4-6-8-29(9-7-5-2)18(30)12-10-13-15(11(3)14(12)19(31)32)21(26)17(24)16(23)20(13,25)22(21,27)28/h11-15H,4-10H2,1-3H3,(H,31,32)/t11-,12-,13-,14-,15+,20-,21-/m1/s1. The quantitative estimate of drug-likeness (QED) is 0.326. The molecule has 1 amide bonds. The predicted molar refractivity (Wildman–Crippen MR) is 132 cm³/mol. The van der Waals surface area contributed by atoms with Crippen molar-refractivity contribution in [3.05, 3.63) is 10.1 Å². The third-order valence-corrected chi connectivity index (χ3v) is 12.0. The minimum Gasteiger partial charge on any atom is -0.481 e. The normalized spacial score (nSPS) is 39.8. The van der Waals surface area contributed by atoms with Crippen molar-refractivity contribution in [1.29, 1.82) is 0 Å². The summed E-state index contributed by atoms with van der Waals surface area (Å²) in [5.74, 6) is -4.54. The Morgan fingerprint density at radius 3 is 1.97 bits per heavy atom. The van der Waals surface area contributed by atoms with Crippen LogP contribution in [0.15, 0.2) is 10.1 Å². The van der Waals surface area contributed by atoms with Gasteiger partial charge in [-0.1, -0.05) is 80.0 Å². The van der Waals surface area contributed by atoms with Crippen molar-refractivity contribution in [3.63, 3.8) is 0 Å². The van der Waals surface area contributed by atoms with Crippen molar-refractivity contribution in [2.24, 2.45) is 29.6 Å². The van der Waals surface area contributed by atoms with Crippen LogP contribution in [0.4, 0.5) is 0 Å². The van der Waals surface area contributed by atoms with E-state index in [9.17, 15) is 14.7 Å². The largest absolute Gasteiger partial charge is 0.481 e. The summed E-state index contributed by atoms with van der Waals surface area (Å²) >= 11 is 40.5. The molecule has 10 heteroatoms. The molecule has 0 spiro atoms. The van der Waals surface area contributed by atoms with Gasteiger partial charge in [-0.2, -0.15) is 0 Å². The number of hydrogen-bond donors (Lipinski definition) is 1. The van der Waals surface area contributed by atoms with Crippen LogP contribution in [0, 0.1) is 29.6 Å². The van der Waals surface area contributed by atoms with E-state index in [4.69, 9.17) is 69.6 Å². The van der Waals surface area contributed by atoms with Crippen LogP contribution in [-0.4, -0.2) is 49.1 Å². The Kier molecular flexibility index (Phi) is 7.99. The summed E-state index contributed by atoms with van der Waals surface area (Å²) in [5, 5.41) is 10.3. The fourth-order valence-electron chi connectivity index (χ4n) is 6.10. The zero-order valence-corrected chi connectivity index (χ0v) is 22.9. The van der Waals surface area contributed by atoms with Gasteiger partial charge in [-0.3, -0.25) is 9.59 Å². The van der Waals surface area contributed by atoms with E-state index in [1.165, 1.54) is 0 Å². The first-order valence-electron chi connectivity index (χ1n) is 11.2. The Labute approximate surface area is 219 Å². The van der Waals surface area contributed by atoms with Crippen molar-refractivity contribution < 1.29 is 14.7 Å². The van der Waals surface area contributed by atoms with Gasteiger partial charge in [0.2, 0.25) is 5.91 Å². The lowest BCUT2D eigenvalue weighted by molar-refractivity contribution is -0.158. The third-order valence-electron chi connectivity index (χ3n) is 7.70. The lowest BCUT2D eigenvalue weighted by atomic mass is 9.58. The second-order valence-electron chi connectivity index (χ2n) is 9.36. The van der Waals surface area contributed by atoms with Gasteiger partial charge in [-0.15, -0.1) is 23.2 Å². The summed E-state index contributed by atoms with van der Waals surface area (Å²) in [6.07, 6.45) is 3.75. The number of allylic oxidation sites excluding steroid dienone is 2. The average Bonchev–Trinajstić information content (AvgIpc) is 2.93. The molecule has 2 fully saturated rings.